The van der Waals surface area contributed by atoms with Crippen molar-refractivity contribution in [3.8, 4) is 5.88 Å². The third-order valence-corrected chi connectivity index (χ3v) is 8.40. The average molecular weight is 742 g/mol. The number of aromatic nitrogens is 1. The van der Waals surface area contributed by atoms with Crippen LogP contribution < -0.4 is 10.6 Å². The Kier molecular flexibility index (Phi) is 10.3. The van der Waals surface area contributed by atoms with Crippen molar-refractivity contribution in [2.45, 2.75) is 78.1 Å². The molecule has 0 bridgehead atoms. The zero-order chi connectivity index (χ0) is 35.7. The van der Waals surface area contributed by atoms with Crippen LogP contribution in [0.1, 0.15) is 69.6 Å². The van der Waals surface area contributed by atoms with Gasteiger partial charge in [0.15, 0.2) is 30.3 Å². The molecule has 0 aliphatic carbocycles. The standard InChI is InChI=1S/C34H33BrN2O12/c1-6-7-25(42)19-8-10-23-21(12-19)27(32(43)36-23)28-22-13-20(35)9-11-24(22)37(33(28)44)34-31(48-18(5)41)30(47-17(4)40)29(46-16(3)39)26(49-34)14-45-15(2)38/h8-13,26,29-31,34,44H,6-7,14H2,1-5H3/t26-,29-,30+,31-,34-/m1/s1. The van der Waals surface area contributed by atoms with Gasteiger partial charge in [-0.2, -0.15) is 0 Å². The van der Waals surface area contributed by atoms with E-state index in [0.29, 0.717) is 38.8 Å². The van der Waals surface area contributed by atoms with Crippen molar-refractivity contribution in [3.05, 3.63) is 62.6 Å². The number of carbonyl (C=O) groups excluding carboxylic acids is 6. The highest BCUT2D eigenvalue weighted by atomic mass is 79.9. The lowest BCUT2D eigenvalue weighted by Crippen LogP contribution is -2.60. The second-order valence-electron chi connectivity index (χ2n) is 11.5. The van der Waals surface area contributed by atoms with Crippen molar-refractivity contribution in [2.75, 3.05) is 6.61 Å². The Labute approximate surface area is 287 Å². The quantitative estimate of drug-likeness (QED) is 0.182. The van der Waals surface area contributed by atoms with E-state index in [1.807, 2.05) is 6.92 Å². The van der Waals surface area contributed by atoms with E-state index in [4.69, 9.17) is 23.7 Å². The molecule has 5 rings (SSSR count). The van der Waals surface area contributed by atoms with Gasteiger partial charge in [0.25, 0.3) is 5.91 Å². The molecule has 2 aliphatic rings. The molecule has 14 nitrogen and oxygen atoms in total. The third-order valence-electron chi connectivity index (χ3n) is 7.91. The molecule has 1 fully saturated rings. The van der Waals surface area contributed by atoms with Crippen molar-refractivity contribution < 1.29 is 57.6 Å². The van der Waals surface area contributed by atoms with Crippen LogP contribution in [0.3, 0.4) is 0 Å². The lowest BCUT2D eigenvalue weighted by atomic mass is 9.97. The van der Waals surface area contributed by atoms with Crippen LogP contribution in [0.25, 0.3) is 16.5 Å². The van der Waals surface area contributed by atoms with E-state index in [1.165, 1.54) is 4.57 Å². The number of amides is 1. The van der Waals surface area contributed by atoms with Crippen LogP contribution in [0, 0.1) is 0 Å². The van der Waals surface area contributed by atoms with Crippen LogP contribution >= 0.6 is 15.9 Å². The van der Waals surface area contributed by atoms with Gasteiger partial charge in [-0.25, -0.2) is 4.99 Å². The number of ether oxygens (including phenoxy) is 5. The average Bonchev–Trinajstić information content (AvgIpc) is 3.48. The molecule has 1 saturated heterocycles. The zero-order valence-electron chi connectivity index (χ0n) is 27.2. The van der Waals surface area contributed by atoms with Gasteiger partial charge in [0.2, 0.25) is 5.88 Å². The summed E-state index contributed by atoms with van der Waals surface area (Å²) in [6.45, 7) is 5.86. The molecular weight excluding hydrogens is 708 g/mol. The summed E-state index contributed by atoms with van der Waals surface area (Å²) in [5.74, 6) is -4.46. The highest BCUT2D eigenvalue weighted by Gasteiger charge is 2.54. The monoisotopic (exact) mass is 740 g/mol. The second kappa shape index (κ2) is 14.3. The number of aromatic hydroxyl groups is 1. The number of Topliss-reactive ketones (excluding diaryl/α,β-unsaturated/α-hetero) is 1. The van der Waals surface area contributed by atoms with E-state index in [2.05, 4.69) is 20.9 Å². The van der Waals surface area contributed by atoms with Crippen molar-refractivity contribution in [3.63, 3.8) is 0 Å². The summed E-state index contributed by atoms with van der Waals surface area (Å²) in [6, 6.07) is 9.63. The van der Waals surface area contributed by atoms with Crippen LogP contribution in [0.4, 0.5) is 0 Å². The number of hydrogen-bond donors (Lipinski definition) is 1. The highest BCUT2D eigenvalue weighted by Crippen LogP contribution is 2.44. The summed E-state index contributed by atoms with van der Waals surface area (Å²) < 4.78 is 30.1. The summed E-state index contributed by atoms with van der Waals surface area (Å²) >= 11 is 3.45. The Bertz CT molecular complexity index is 2020. The van der Waals surface area contributed by atoms with Gasteiger partial charge in [-0.1, -0.05) is 22.9 Å². The minimum absolute atomic E-state index is 0.00568. The largest absolute Gasteiger partial charge is 0.494 e. The first-order valence-electron chi connectivity index (χ1n) is 15.4. The molecule has 2 aliphatic heterocycles. The van der Waals surface area contributed by atoms with Gasteiger partial charge < -0.3 is 28.8 Å². The molecule has 1 N–H and O–H groups in total. The Morgan fingerprint density at radius 3 is 2.18 bits per heavy atom. The first-order chi connectivity index (χ1) is 23.2. The maximum absolute atomic E-state index is 13.6. The lowest BCUT2D eigenvalue weighted by molar-refractivity contribution is -0.268. The van der Waals surface area contributed by atoms with Gasteiger partial charge >= 0.3 is 23.9 Å². The zero-order valence-corrected chi connectivity index (χ0v) is 28.8. The van der Waals surface area contributed by atoms with Crippen molar-refractivity contribution in [2.24, 2.45) is 4.99 Å². The van der Waals surface area contributed by atoms with E-state index in [0.717, 1.165) is 27.7 Å². The maximum atomic E-state index is 13.6. The number of halogens is 1. The number of carbonyl (C=O) groups is 6. The number of esters is 4. The molecular formula is C34H33BrN2O12. The van der Waals surface area contributed by atoms with Gasteiger partial charge in [0.1, 0.15) is 12.7 Å². The minimum atomic E-state index is -1.54. The molecule has 2 aromatic carbocycles. The molecule has 5 atom stereocenters. The van der Waals surface area contributed by atoms with Crippen LogP contribution in [0.5, 0.6) is 5.88 Å². The number of rotatable bonds is 10. The van der Waals surface area contributed by atoms with Crippen LogP contribution in [0.2, 0.25) is 0 Å². The second-order valence-corrected chi connectivity index (χ2v) is 12.4. The molecule has 15 heteroatoms. The van der Waals surface area contributed by atoms with E-state index >= 15 is 0 Å². The van der Waals surface area contributed by atoms with Gasteiger partial charge in [0.05, 0.1) is 22.0 Å². The normalized spacial score (nSPS) is 21.5. The minimum Gasteiger partial charge on any atom is -0.494 e. The molecule has 258 valence electrons. The van der Waals surface area contributed by atoms with E-state index in [9.17, 15) is 33.9 Å². The molecule has 3 aromatic rings. The Hall–Kier alpha value is -4.89. The summed E-state index contributed by atoms with van der Waals surface area (Å²) in [4.78, 5) is 79.5. The molecule has 1 amide bonds. The highest BCUT2D eigenvalue weighted by molar-refractivity contribution is 9.10. The van der Waals surface area contributed by atoms with Gasteiger partial charge in [-0.3, -0.25) is 33.3 Å². The fraction of sp³-hybridized carbons (Fsp3) is 0.382. The predicted octanol–water partition coefficient (Wildman–Crippen LogP) is 2.71. The Balaban J connectivity index is 1.80. The fourth-order valence-electron chi connectivity index (χ4n) is 6.09. The summed E-state index contributed by atoms with van der Waals surface area (Å²) in [7, 11) is 0. The van der Waals surface area contributed by atoms with Crippen LogP contribution in [0.15, 0.2) is 45.9 Å². The Morgan fingerprint density at radius 1 is 0.898 bits per heavy atom. The third kappa shape index (κ3) is 7.13. The molecule has 0 unspecified atom stereocenters. The first-order valence-corrected chi connectivity index (χ1v) is 16.1. The molecule has 0 spiro atoms. The van der Waals surface area contributed by atoms with Crippen LogP contribution in [-0.4, -0.2) is 76.3 Å². The molecule has 49 heavy (non-hydrogen) atoms. The number of fused-ring (bicyclic) bond motifs is 2. The van der Waals surface area contributed by atoms with Gasteiger partial charge in [0, 0.05) is 54.8 Å². The van der Waals surface area contributed by atoms with Gasteiger partial charge in [-0.05, 0) is 42.8 Å². The number of benzene rings is 2. The van der Waals surface area contributed by atoms with Crippen molar-refractivity contribution in [1.29, 1.82) is 0 Å². The lowest BCUT2D eigenvalue weighted by Gasteiger charge is -2.45. The first kappa shape index (κ1) is 35.4. The van der Waals surface area contributed by atoms with E-state index in [-0.39, 0.29) is 22.4 Å². The van der Waals surface area contributed by atoms with Gasteiger partial charge in [-0.15, -0.1) is 0 Å². The number of hydrogen-bond acceptors (Lipinski definition) is 12. The summed E-state index contributed by atoms with van der Waals surface area (Å²) in [5.41, 5.74) is 0.693. The maximum Gasteiger partial charge on any atom is 0.303 e. The molecule has 0 saturated carbocycles. The topological polar surface area (TPSA) is 186 Å². The predicted molar refractivity (Wildman–Crippen MR) is 172 cm³/mol. The van der Waals surface area contributed by atoms with E-state index < -0.39 is 72.9 Å². The smallest absolute Gasteiger partial charge is 0.303 e. The molecule has 0 radical (unpaired) electrons. The number of ketones is 1. The Morgan fingerprint density at radius 2 is 1.55 bits per heavy atom. The molecule has 1 aromatic heterocycles. The fourth-order valence-corrected chi connectivity index (χ4v) is 6.45. The summed E-state index contributed by atoms with van der Waals surface area (Å²) in [5, 5.41) is 13.1. The molecule has 3 heterocycles. The SMILES string of the molecule is CCCC(=O)c1ccc2c(c1)=C(c1c(O)n([C@@H]3O[C@H](COC(C)=O)[C@@H](OC(C)=O)[C@H](OC(C)=O)[C@H]3OC(C)=O)c3ccc(Br)cc13)C(=O)N=2. The van der Waals surface area contributed by atoms with E-state index in [1.54, 1.807) is 36.4 Å². The van der Waals surface area contributed by atoms with Crippen molar-refractivity contribution >= 4 is 68.0 Å². The number of nitrogens with zero attached hydrogens (tertiary/aromatic N) is 2. The van der Waals surface area contributed by atoms with Crippen LogP contribution in [-0.2, 0) is 47.7 Å². The van der Waals surface area contributed by atoms with Crippen molar-refractivity contribution in [1.82, 2.24) is 4.57 Å². The summed E-state index contributed by atoms with van der Waals surface area (Å²) in [6.07, 6.45) is -6.37.